The molecule has 1 spiro atoms. The molecule has 6 atom stereocenters. The summed E-state index contributed by atoms with van der Waals surface area (Å²) < 4.78 is 6.53. The predicted octanol–water partition coefficient (Wildman–Crippen LogP) is 4.20. The number of hydrogen-bond donors (Lipinski definition) is 3. The smallest absolute Gasteiger partial charge is 0.250 e. The molecule has 3 aromatic carbocycles. The van der Waals surface area contributed by atoms with Gasteiger partial charge < -0.3 is 25.4 Å². The highest BCUT2D eigenvalue weighted by Crippen LogP contribution is 2.59. The molecule has 0 saturated carbocycles. The summed E-state index contributed by atoms with van der Waals surface area (Å²) in [5.41, 5.74) is 1.57. The van der Waals surface area contributed by atoms with Crippen LogP contribution in [0.5, 0.6) is 0 Å². The zero-order valence-electron chi connectivity index (χ0n) is 22.6. The summed E-state index contributed by atoms with van der Waals surface area (Å²) in [5.74, 6) is -2.75. The maximum Gasteiger partial charge on any atom is 0.250 e. The number of benzene rings is 3. The predicted molar refractivity (Wildman–Crippen MR) is 155 cm³/mol. The van der Waals surface area contributed by atoms with Gasteiger partial charge in [0.1, 0.15) is 11.6 Å². The quantitative estimate of drug-likeness (QED) is 0.374. The van der Waals surface area contributed by atoms with Crippen LogP contribution in [0.3, 0.4) is 0 Å². The zero-order valence-corrected chi connectivity index (χ0v) is 23.4. The fourth-order valence-electron chi connectivity index (χ4n) is 6.95. The molecule has 3 heterocycles. The molecule has 8 nitrogen and oxygen atoms in total. The fraction of sp³-hybridized carbons (Fsp3) is 0.344. The number of halogens is 1. The number of hydrogen-bond acceptors (Lipinski definition) is 5. The standard InChI is InChI=1S/C32H32ClN3O5/c1-19-9-8-14-23(33)27(19)35-30(39)28-32-16-15-24(41-32)25(29(38)34-21-12-6-3-7-13-21)26(32)31(40)36(28)22(18-37)17-20-10-4-2-5-11-20/h2-14,22,24-26,28,37H,15-18H2,1H3,(H,34,38)(H,35,39)/t22-,24+,25-,26+,28?,32?/m1/s1. The van der Waals surface area contributed by atoms with Crippen LogP contribution in [0, 0.1) is 18.8 Å². The molecule has 3 saturated heterocycles. The van der Waals surface area contributed by atoms with E-state index in [2.05, 4.69) is 10.6 Å². The number of carbonyl (C=O) groups excluding carboxylic acids is 3. The molecule has 3 aliphatic rings. The Kier molecular flexibility index (Phi) is 7.32. The van der Waals surface area contributed by atoms with E-state index in [0.29, 0.717) is 35.7 Å². The lowest BCUT2D eigenvalue weighted by atomic mass is 9.70. The third-order valence-electron chi connectivity index (χ3n) is 8.72. The van der Waals surface area contributed by atoms with Gasteiger partial charge in [0.25, 0.3) is 0 Å². The number of amides is 3. The van der Waals surface area contributed by atoms with Gasteiger partial charge in [-0.15, -0.1) is 0 Å². The average molecular weight is 574 g/mol. The van der Waals surface area contributed by atoms with Gasteiger partial charge in [-0.1, -0.05) is 72.3 Å². The van der Waals surface area contributed by atoms with Crippen molar-refractivity contribution in [1.82, 2.24) is 4.90 Å². The van der Waals surface area contributed by atoms with E-state index in [1.807, 2.05) is 61.5 Å². The van der Waals surface area contributed by atoms with Crippen molar-refractivity contribution in [2.75, 3.05) is 17.2 Å². The summed E-state index contributed by atoms with van der Waals surface area (Å²) in [6.45, 7) is 1.48. The first kappa shape index (κ1) is 27.4. The van der Waals surface area contributed by atoms with Crippen LogP contribution in [-0.4, -0.2) is 58.1 Å². The molecule has 9 heteroatoms. The molecule has 3 aliphatic heterocycles. The second-order valence-corrected chi connectivity index (χ2v) is 11.5. The van der Waals surface area contributed by atoms with Crippen LogP contribution in [0.4, 0.5) is 11.4 Å². The lowest BCUT2D eigenvalue weighted by Gasteiger charge is -2.37. The van der Waals surface area contributed by atoms with Gasteiger partial charge in [-0.3, -0.25) is 14.4 Å². The maximum atomic E-state index is 14.4. The molecule has 41 heavy (non-hydrogen) atoms. The Morgan fingerprint density at radius 3 is 2.41 bits per heavy atom. The van der Waals surface area contributed by atoms with E-state index in [1.54, 1.807) is 24.3 Å². The normalized spacial score (nSPS) is 27.0. The number of carbonyl (C=O) groups is 3. The molecular formula is C32H32ClN3O5. The number of rotatable bonds is 8. The topological polar surface area (TPSA) is 108 Å². The van der Waals surface area contributed by atoms with E-state index in [0.717, 1.165) is 11.1 Å². The number of aliphatic hydroxyl groups is 1. The lowest BCUT2D eigenvalue weighted by molar-refractivity contribution is -0.143. The monoisotopic (exact) mass is 573 g/mol. The van der Waals surface area contributed by atoms with Crippen LogP contribution in [0.1, 0.15) is 24.0 Å². The molecule has 2 unspecified atom stereocenters. The second-order valence-electron chi connectivity index (χ2n) is 11.1. The summed E-state index contributed by atoms with van der Waals surface area (Å²) in [7, 11) is 0. The summed E-state index contributed by atoms with van der Waals surface area (Å²) in [6, 6.07) is 22.2. The van der Waals surface area contributed by atoms with Gasteiger partial charge >= 0.3 is 0 Å². The minimum atomic E-state index is -1.20. The van der Waals surface area contributed by atoms with E-state index in [9.17, 15) is 19.5 Å². The Morgan fingerprint density at radius 2 is 1.73 bits per heavy atom. The number of aryl methyl sites for hydroxylation is 1. The molecule has 0 radical (unpaired) electrons. The fourth-order valence-corrected chi connectivity index (χ4v) is 7.22. The number of aliphatic hydroxyl groups excluding tert-OH is 1. The molecule has 2 bridgehead atoms. The summed E-state index contributed by atoms with van der Waals surface area (Å²) in [6.07, 6.45) is 0.837. The SMILES string of the molecule is Cc1cccc(Cl)c1NC(=O)C1N([C@@H](CO)Cc2ccccc2)C(=O)[C@@H]2[C@H](C(=O)Nc3ccccc3)[C@@H]3CCC12O3. The van der Waals surface area contributed by atoms with Crippen molar-refractivity contribution in [2.45, 2.75) is 50.0 Å². The largest absolute Gasteiger partial charge is 0.394 e. The Hall–Kier alpha value is -3.72. The highest BCUT2D eigenvalue weighted by Gasteiger charge is 2.75. The zero-order chi connectivity index (χ0) is 28.7. The Balaban J connectivity index is 1.39. The first-order chi connectivity index (χ1) is 19.8. The molecular weight excluding hydrogens is 542 g/mol. The summed E-state index contributed by atoms with van der Waals surface area (Å²) in [5, 5.41) is 16.9. The molecule has 6 rings (SSSR count). The van der Waals surface area contributed by atoms with E-state index in [1.165, 1.54) is 4.90 Å². The van der Waals surface area contributed by atoms with Crippen molar-refractivity contribution in [3.8, 4) is 0 Å². The molecule has 3 aromatic rings. The van der Waals surface area contributed by atoms with Crippen LogP contribution in [0.25, 0.3) is 0 Å². The van der Waals surface area contributed by atoms with Crippen LogP contribution in [-0.2, 0) is 25.5 Å². The number of fused-ring (bicyclic) bond motifs is 1. The van der Waals surface area contributed by atoms with Crippen LogP contribution >= 0.6 is 11.6 Å². The first-order valence-corrected chi connectivity index (χ1v) is 14.3. The number of nitrogens with one attached hydrogen (secondary N) is 2. The summed E-state index contributed by atoms with van der Waals surface area (Å²) >= 11 is 6.45. The number of ether oxygens (including phenoxy) is 1. The highest BCUT2D eigenvalue weighted by molar-refractivity contribution is 6.34. The van der Waals surface area contributed by atoms with Crippen molar-refractivity contribution >= 4 is 40.7 Å². The Labute approximate surface area is 243 Å². The van der Waals surface area contributed by atoms with Crippen LogP contribution < -0.4 is 10.6 Å². The highest BCUT2D eigenvalue weighted by atomic mass is 35.5. The van der Waals surface area contributed by atoms with Gasteiger partial charge in [-0.25, -0.2) is 0 Å². The molecule has 3 amide bonds. The van der Waals surface area contributed by atoms with Gasteiger partial charge in [0.05, 0.1) is 41.3 Å². The minimum Gasteiger partial charge on any atom is -0.394 e. The van der Waals surface area contributed by atoms with E-state index in [4.69, 9.17) is 16.3 Å². The molecule has 3 N–H and O–H groups in total. The van der Waals surface area contributed by atoms with Gasteiger partial charge in [0.15, 0.2) is 0 Å². The third-order valence-corrected chi connectivity index (χ3v) is 9.03. The Bertz CT molecular complexity index is 1450. The van der Waals surface area contributed by atoms with Gasteiger partial charge in [-0.2, -0.15) is 0 Å². The van der Waals surface area contributed by atoms with Crippen molar-refractivity contribution in [2.24, 2.45) is 11.8 Å². The maximum absolute atomic E-state index is 14.4. The van der Waals surface area contributed by atoms with E-state index >= 15 is 0 Å². The number of anilines is 2. The number of nitrogens with zero attached hydrogens (tertiary/aromatic N) is 1. The van der Waals surface area contributed by atoms with E-state index in [-0.39, 0.29) is 18.4 Å². The van der Waals surface area contributed by atoms with Crippen LogP contribution in [0.15, 0.2) is 78.9 Å². The lowest BCUT2D eigenvalue weighted by Crippen LogP contribution is -2.56. The molecule has 0 aromatic heterocycles. The van der Waals surface area contributed by atoms with Gasteiger partial charge in [0, 0.05) is 5.69 Å². The minimum absolute atomic E-state index is 0.312. The molecule has 0 aliphatic carbocycles. The van der Waals surface area contributed by atoms with Crippen molar-refractivity contribution in [3.63, 3.8) is 0 Å². The van der Waals surface area contributed by atoms with Crippen molar-refractivity contribution in [3.05, 3.63) is 95.0 Å². The van der Waals surface area contributed by atoms with Crippen molar-refractivity contribution < 1.29 is 24.2 Å². The Morgan fingerprint density at radius 1 is 1.02 bits per heavy atom. The first-order valence-electron chi connectivity index (χ1n) is 13.9. The number of para-hydroxylation sites is 2. The molecule has 3 fully saturated rings. The van der Waals surface area contributed by atoms with Crippen molar-refractivity contribution in [1.29, 1.82) is 0 Å². The third kappa shape index (κ3) is 4.70. The van der Waals surface area contributed by atoms with E-state index < -0.39 is 41.5 Å². The average Bonchev–Trinajstić information content (AvgIpc) is 3.62. The van der Waals surface area contributed by atoms with Gasteiger partial charge in [-0.05, 0) is 55.5 Å². The second kappa shape index (κ2) is 10.9. The summed E-state index contributed by atoms with van der Waals surface area (Å²) in [4.78, 5) is 43.7. The van der Waals surface area contributed by atoms with Gasteiger partial charge in [0.2, 0.25) is 17.7 Å². The van der Waals surface area contributed by atoms with Crippen LogP contribution in [0.2, 0.25) is 5.02 Å². The molecule has 212 valence electrons. The number of likely N-dealkylation sites (tertiary alicyclic amines) is 1.